The lowest BCUT2D eigenvalue weighted by atomic mass is 9.88. The Kier molecular flexibility index (Phi) is 5.61. The molecule has 3 aromatic carbocycles. The zero-order valence-corrected chi connectivity index (χ0v) is 19.6. The van der Waals surface area contributed by atoms with Gasteiger partial charge in [-0.1, -0.05) is 44.0 Å². The van der Waals surface area contributed by atoms with Crippen molar-refractivity contribution in [3.63, 3.8) is 0 Å². The van der Waals surface area contributed by atoms with Crippen LogP contribution in [0.4, 0.5) is 16.2 Å². The second-order valence-corrected chi connectivity index (χ2v) is 9.03. The Morgan fingerprint density at radius 1 is 0.933 bits per heavy atom. The van der Waals surface area contributed by atoms with Crippen molar-refractivity contribution in [3.8, 4) is 5.75 Å². The smallest absolute Gasteiger partial charge is 0.332 e. The molecule has 0 aliphatic carbocycles. The Balaban J connectivity index is 1.90. The van der Waals surface area contributed by atoms with Crippen molar-refractivity contribution in [2.24, 2.45) is 0 Å². The Hall–Kier alpha value is -2.35. The monoisotopic (exact) mass is 530 g/mol. The maximum atomic E-state index is 13.7. The summed E-state index contributed by atoms with van der Waals surface area (Å²) in [6, 6.07) is 21.9. The van der Waals surface area contributed by atoms with Crippen molar-refractivity contribution < 1.29 is 14.6 Å². The summed E-state index contributed by atoms with van der Waals surface area (Å²) < 4.78 is 7.20. The van der Waals surface area contributed by atoms with Gasteiger partial charge in [0.2, 0.25) is 0 Å². The number of nitrogens with zero attached hydrogens (tertiary/aromatic N) is 2. The van der Waals surface area contributed by atoms with E-state index >= 15 is 0 Å². The normalized spacial score (nSPS) is 21.2. The molecular formula is C23H20Br2N2O3. The van der Waals surface area contributed by atoms with Crippen LogP contribution in [0.1, 0.15) is 12.5 Å². The largest absolute Gasteiger partial charge is 0.497 e. The lowest BCUT2D eigenvalue weighted by Gasteiger charge is -2.36. The maximum absolute atomic E-state index is 13.7. The van der Waals surface area contributed by atoms with Crippen molar-refractivity contribution in [3.05, 3.63) is 87.3 Å². The van der Waals surface area contributed by atoms with Gasteiger partial charge >= 0.3 is 6.03 Å². The Labute approximate surface area is 192 Å². The number of aliphatic hydroxyl groups excluding tert-OH is 1. The number of halogens is 2. The second-order valence-electron chi connectivity index (χ2n) is 7.19. The minimum Gasteiger partial charge on any atom is -0.497 e. The number of anilines is 2. The van der Waals surface area contributed by atoms with E-state index in [0.29, 0.717) is 17.1 Å². The molecule has 1 N–H and O–H groups in total. The summed E-state index contributed by atoms with van der Waals surface area (Å²) in [5.74, 6) is 0.659. The molecule has 1 saturated heterocycles. The molecule has 1 unspecified atom stereocenters. The van der Waals surface area contributed by atoms with Crippen LogP contribution < -0.4 is 14.5 Å². The predicted octanol–water partition coefficient (Wildman–Crippen LogP) is 5.90. The van der Waals surface area contributed by atoms with Crippen LogP contribution in [-0.2, 0) is 5.54 Å². The van der Waals surface area contributed by atoms with Gasteiger partial charge in [0.15, 0.2) is 6.23 Å². The van der Waals surface area contributed by atoms with Crippen LogP contribution >= 0.6 is 31.9 Å². The van der Waals surface area contributed by atoms with E-state index in [1.54, 1.807) is 12.0 Å². The Morgan fingerprint density at radius 2 is 1.50 bits per heavy atom. The van der Waals surface area contributed by atoms with Gasteiger partial charge in [0.05, 0.1) is 7.11 Å². The number of urea groups is 1. The molecular weight excluding hydrogens is 512 g/mol. The summed E-state index contributed by atoms with van der Waals surface area (Å²) in [6.07, 6.45) is -1.12. The average molecular weight is 532 g/mol. The van der Waals surface area contributed by atoms with Crippen LogP contribution in [0.3, 0.4) is 0 Å². The molecule has 2 amide bonds. The highest BCUT2D eigenvalue weighted by Crippen LogP contribution is 2.45. The van der Waals surface area contributed by atoms with Gasteiger partial charge in [-0.3, -0.25) is 9.80 Å². The van der Waals surface area contributed by atoms with Crippen LogP contribution in [0.15, 0.2) is 81.7 Å². The number of hydrogen-bond donors (Lipinski definition) is 1. The summed E-state index contributed by atoms with van der Waals surface area (Å²) >= 11 is 6.86. The van der Waals surface area contributed by atoms with Crippen molar-refractivity contribution in [2.75, 3.05) is 16.9 Å². The first-order valence-electron chi connectivity index (χ1n) is 9.33. The number of carbonyl (C=O) groups is 1. The van der Waals surface area contributed by atoms with Crippen molar-refractivity contribution >= 4 is 49.3 Å². The van der Waals surface area contributed by atoms with Crippen molar-refractivity contribution in [2.45, 2.75) is 18.7 Å². The standard InChI is InChI=1S/C23H20Br2N2O3/c1-23(15-4-3-5-20(14-15)30-2)21(28)26(18-10-6-16(24)7-11-18)22(29)27(23)19-12-8-17(25)9-13-19/h3-14,21,28H,1-2H3/t21?,23-/m1/s1. The quantitative estimate of drug-likeness (QED) is 0.456. The van der Waals surface area contributed by atoms with Crippen LogP contribution in [0.5, 0.6) is 5.75 Å². The SMILES string of the molecule is COc1cccc([C@]2(C)C(O)N(c3ccc(Br)cc3)C(=O)N2c2ccc(Br)cc2)c1. The minimum atomic E-state index is -1.12. The predicted molar refractivity (Wildman–Crippen MR) is 125 cm³/mol. The molecule has 2 atom stereocenters. The van der Waals surface area contributed by atoms with E-state index in [1.165, 1.54) is 4.90 Å². The third kappa shape index (κ3) is 3.41. The maximum Gasteiger partial charge on any atom is 0.332 e. The first-order valence-corrected chi connectivity index (χ1v) is 10.9. The fourth-order valence-electron chi connectivity index (χ4n) is 3.82. The van der Waals surface area contributed by atoms with E-state index in [1.807, 2.05) is 79.7 Å². The van der Waals surface area contributed by atoms with E-state index in [9.17, 15) is 9.90 Å². The number of hydrogen-bond acceptors (Lipinski definition) is 3. The van der Waals surface area contributed by atoms with Gasteiger partial charge in [0, 0.05) is 20.3 Å². The number of aliphatic hydroxyl groups is 1. The summed E-state index contributed by atoms with van der Waals surface area (Å²) in [6.45, 7) is 1.87. The summed E-state index contributed by atoms with van der Waals surface area (Å²) in [7, 11) is 1.60. The van der Waals surface area contributed by atoms with Crippen LogP contribution in [0, 0.1) is 0 Å². The topological polar surface area (TPSA) is 53.0 Å². The van der Waals surface area contributed by atoms with Gasteiger partial charge < -0.3 is 9.84 Å². The van der Waals surface area contributed by atoms with Crippen LogP contribution in [0.2, 0.25) is 0 Å². The molecule has 1 aliphatic rings. The van der Waals surface area contributed by atoms with E-state index < -0.39 is 11.8 Å². The van der Waals surface area contributed by atoms with E-state index in [0.717, 1.165) is 14.5 Å². The second kappa shape index (κ2) is 8.06. The number of benzene rings is 3. The molecule has 1 heterocycles. The van der Waals surface area contributed by atoms with Gasteiger partial charge in [-0.05, 0) is 73.2 Å². The molecule has 0 spiro atoms. The van der Waals surface area contributed by atoms with Gasteiger partial charge in [-0.25, -0.2) is 4.79 Å². The highest BCUT2D eigenvalue weighted by molar-refractivity contribution is 9.10. The first kappa shape index (κ1) is 20.9. The highest BCUT2D eigenvalue weighted by Gasteiger charge is 2.56. The molecule has 0 saturated carbocycles. The molecule has 4 rings (SSSR count). The van der Waals surface area contributed by atoms with Gasteiger partial charge in [-0.15, -0.1) is 0 Å². The fourth-order valence-corrected chi connectivity index (χ4v) is 4.34. The zero-order chi connectivity index (χ0) is 21.5. The Morgan fingerprint density at radius 3 is 2.07 bits per heavy atom. The summed E-state index contributed by atoms with van der Waals surface area (Å²) in [4.78, 5) is 16.7. The Bertz CT molecular complexity index is 1070. The molecule has 0 aromatic heterocycles. The zero-order valence-electron chi connectivity index (χ0n) is 16.4. The minimum absolute atomic E-state index is 0.308. The van der Waals surface area contributed by atoms with E-state index in [2.05, 4.69) is 31.9 Å². The third-order valence-corrected chi connectivity index (χ3v) is 6.51. The van der Waals surface area contributed by atoms with Gasteiger partial charge in [0.1, 0.15) is 11.3 Å². The third-order valence-electron chi connectivity index (χ3n) is 5.45. The molecule has 154 valence electrons. The number of carbonyl (C=O) groups excluding carboxylic acids is 1. The lowest BCUT2D eigenvalue weighted by Crippen LogP contribution is -2.47. The number of rotatable bonds is 4. The van der Waals surface area contributed by atoms with Crippen LogP contribution in [0.25, 0.3) is 0 Å². The van der Waals surface area contributed by atoms with Gasteiger partial charge in [0.25, 0.3) is 0 Å². The number of amides is 2. The highest BCUT2D eigenvalue weighted by atomic mass is 79.9. The summed E-state index contributed by atoms with van der Waals surface area (Å²) in [5, 5.41) is 11.5. The molecule has 3 aromatic rings. The number of ether oxygens (including phenoxy) is 1. The number of methoxy groups -OCH3 is 1. The molecule has 0 radical (unpaired) electrons. The summed E-state index contributed by atoms with van der Waals surface area (Å²) in [5.41, 5.74) is 1.02. The molecule has 0 bridgehead atoms. The molecule has 1 aliphatic heterocycles. The average Bonchev–Trinajstić information content (AvgIpc) is 2.96. The van der Waals surface area contributed by atoms with E-state index in [4.69, 9.17) is 4.74 Å². The molecule has 30 heavy (non-hydrogen) atoms. The first-order chi connectivity index (χ1) is 14.4. The fraction of sp³-hybridized carbons (Fsp3) is 0.174. The molecule has 1 fully saturated rings. The lowest BCUT2D eigenvalue weighted by molar-refractivity contribution is 0.119. The molecule has 7 heteroatoms. The van der Waals surface area contributed by atoms with E-state index in [-0.39, 0.29) is 6.03 Å². The van der Waals surface area contributed by atoms with Crippen molar-refractivity contribution in [1.82, 2.24) is 0 Å². The van der Waals surface area contributed by atoms with Gasteiger partial charge in [-0.2, -0.15) is 0 Å². The van der Waals surface area contributed by atoms with Crippen molar-refractivity contribution in [1.29, 1.82) is 0 Å². The van der Waals surface area contributed by atoms with Crippen LogP contribution in [-0.4, -0.2) is 24.5 Å². The molecule has 5 nitrogen and oxygen atoms in total.